The number of carbonyl (C=O) groups is 2. The third-order valence-electron chi connectivity index (χ3n) is 3.64. The lowest BCUT2D eigenvalue weighted by atomic mass is 9.97. The molecule has 1 N–H and O–H groups in total. The summed E-state index contributed by atoms with van der Waals surface area (Å²) < 4.78 is 4.67. The molecule has 0 aromatic heterocycles. The van der Waals surface area contributed by atoms with Crippen molar-refractivity contribution in [1.29, 1.82) is 0 Å². The van der Waals surface area contributed by atoms with Crippen molar-refractivity contribution in [1.82, 2.24) is 4.90 Å². The van der Waals surface area contributed by atoms with Crippen molar-refractivity contribution in [2.45, 2.75) is 12.8 Å². The number of likely N-dealkylation sites (tertiary alicyclic amines) is 1. The van der Waals surface area contributed by atoms with Crippen molar-refractivity contribution in [3.8, 4) is 0 Å². The van der Waals surface area contributed by atoms with E-state index in [1.54, 1.807) is 18.2 Å². The fraction of sp³-hybridized carbons (Fsp3) is 0.467. The van der Waals surface area contributed by atoms with Gasteiger partial charge in [-0.05, 0) is 44.6 Å². The largest absolute Gasteiger partial charge is 0.465 e. The second-order valence-electron chi connectivity index (χ2n) is 5.28. The third-order valence-corrected chi connectivity index (χ3v) is 3.97. The average Bonchev–Trinajstić information content (AvgIpc) is 2.48. The number of ether oxygens (including phenoxy) is 1. The molecule has 0 bridgehead atoms. The topological polar surface area (TPSA) is 58.6 Å². The van der Waals surface area contributed by atoms with Crippen molar-refractivity contribution in [3.05, 3.63) is 28.8 Å². The molecule has 2 rings (SSSR count). The fourth-order valence-corrected chi connectivity index (χ4v) is 2.65. The molecule has 21 heavy (non-hydrogen) atoms. The Labute approximate surface area is 129 Å². The zero-order valence-corrected chi connectivity index (χ0v) is 12.9. The molecule has 0 spiro atoms. The van der Waals surface area contributed by atoms with Crippen LogP contribution in [0.5, 0.6) is 0 Å². The van der Waals surface area contributed by atoms with E-state index < -0.39 is 5.97 Å². The summed E-state index contributed by atoms with van der Waals surface area (Å²) in [7, 11) is 3.32. The summed E-state index contributed by atoms with van der Waals surface area (Å²) in [5, 5.41) is 3.22. The Kier molecular flexibility index (Phi) is 5.20. The van der Waals surface area contributed by atoms with Gasteiger partial charge in [0.05, 0.1) is 29.3 Å². The predicted molar refractivity (Wildman–Crippen MR) is 81.6 cm³/mol. The van der Waals surface area contributed by atoms with Crippen molar-refractivity contribution in [3.63, 3.8) is 0 Å². The first kappa shape index (κ1) is 15.8. The molecular weight excluding hydrogens is 292 g/mol. The number of piperidine rings is 1. The minimum absolute atomic E-state index is 0.0541. The van der Waals surface area contributed by atoms with E-state index in [4.69, 9.17) is 11.6 Å². The standard InChI is InChI=1S/C15H19ClN2O3/c1-18-7-3-4-11(9-18)14(19)17-13-8-10(15(20)21-2)5-6-12(13)16/h5-6,8,11H,3-4,7,9H2,1-2H3,(H,17,19). The number of nitrogens with zero attached hydrogens (tertiary/aromatic N) is 1. The quantitative estimate of drug-likeness (QED) is 0.871. The van der Waals surface area contributed by atoms with Crippen molar-refractivity contribution in [2.75, 3.05) is 32.6 Å². The summed E-state index contributed by atoms with van der Waals surface area (Å²) in [6.45, 7) is 1.75. The minimum atomic E-state index is -0.459. The maximum absolute atomic E-state index is 12.3. The van der Waals surface area contributed by atoms with Gasteiger partial charge in [-0.15, -0.1) is 0 Å². The Morgan fingerprint density at radius 3 is 2.86 bits per heavy atom. The maximum Gasteiger partial charge on any atom is 0.337 e. The SMILES string of the molecule is COC(=O)c1ccc(Cl)c(NC(=O)C2CCCN(C)C2)c1. The van der Waals surface area contributed by atoms with Crippen LogP contribution in [-0.2, 0) is 9.53 Å². The van der Waals surface area contributed by atoms with Gasteiger partial charge in [0.1, 0.15) is 0 Å². The van der Waals surface area contributed by atoms with Crippen LogP contribution in [0, 0.1) is 5.92 Å². The molecule has 1 heterocycles. The van der Waals surface area contributed by atoms with Crippen LogP contribution in [0.25, 0.3) is 0 Å². The highest BCUT2D eigenvalue weighted by Gasteiger charge is 2.24. The van der Waals surface area contributed by atoms with Crippen LogP contribution in [-0.4, -0.2) is 44.0 Å². The first-order chi connectivity index (χ1) is 10.0. The molecule has 1 fully saturated rings. The molecule has 0 radical (unpaired) electrons. The number of nitrogens with one attached hydrogen (secondary N) is 1. The van der Waals surface area contributed by atoms with Crippen molar-refractivity contribution < 1.29 is 14.3 Å². The molecule has 1 aromatic rings. The van der Waals surface area contributed by atoms with Gasteiger partial charge in [0.25, 0.3) is 0 Å². The van der Waals surface area contributed by atoms with Crippen LogP contribution in [0.3, 0.4) is 0 Å². The molecular formula is C15H19ClN2O3. The number of esters is 1. The summed E-state index contributed by atoms with van der Waals surface area (Å²) in [6, 6.07) is 4.69. The zero-order chi connectivity index (χ0) is 15.4. The minimum Gasteiger partial charge on any atom is -0.465 e. The highest BCUT2D eigenvalue weighted by molar-refractivity contribution is 6.33. The van der Waals surface area contributed by atoms with E-state index in [0.29, 0.717) is 16.3 Å². The molecule has 1 aliphatic heterocycles. The number of anilines is 1. The van der Waals surface area contributed by atoms with E-state index in [0.717, 1.165) is 25.9 Å². The number of amides is 1. The van der Waals surface area contributed by atoms with E-state index in [2.05, 4.69) is 15.0 Å². The Balaban J connectivity index is 2.11. The van der Waals surface area contributed by atoms with E-state index in [-0.39, 0.29) is 11.8 Å². The van der Waals surface area contributed by atoms with E-state index in [9.17, 15) is 9.59 Å². The van der Waals surface area contributed by atoms with Crippen LogP contribution >= 0.6 is 11.6 Å². The highest BCUT2D eigenvalue weighted by Crippen LogP contribution is 2.25. The van der Waals surface area contributed by atoms with Gasteiger partial charge in [0.2, 0.25) is 5.91 Å². The maximum atomic E-state index is 12.3. The Morgan fingerprint density at radius 2 is 2.19 bits per heavy atom. The van der Waals surface area contributed by atoms with Crippen LogP contribution < -0.4 is 5.32 Å². The lowest BCUT2D eigenvalue weighted by Crippen LogP contribution is -2.38. The number of benzene rings is 1. The van der Waals surface area contributed by atoms with Crippen LogP contribution in [0.1, 0.15) is 23.2 Å². The monoisotopic (exact) mass is 310 g/mol. The van der Waals surface area contributed by atoms with E-state index in [1.165, 1.54) is 7.11 Å². The van der Waals surface area contributed by atoms with Crippen LogP contribution in [0.4, 0.5) is 5.69 Å². The summed E-state index contributed by atoms with van der Waals surface area (Å²) >= 11 is 6.08. The number of rotatable bonds is 3. The van der Waals surface area contributed by atoms with Gasteiger partial charge in [-0.3, -0.25) is 4.79 Å². The third kappa shape index (κ3) is 3.95. The molecule has 1 atom stereocenters. The summed E-state index contributed by atoms with van der Waals surface area (Å²) in [5.74, 6) is -0.577. The lowest BCUT2D eigenvalue weighted by Gasteiger charge is -2.28. The summed E-state index contributed by atoms with van der Waals surface area (Å²) in [4.78, 5) is 26.0. The number of carbonyl (C=O) groups excluding carboxylic acids is 2. The molecule has 1 aromatic carbocycles. The second-order valence-corrected chi connectivity index (χ2v) is 5.68. The van der Waals surface area contributed by atoms with Crippen molar-refractivity contribution in [2.24, 2.45) is 5.92 Å². The smallest absolute Gasteiger partial charge is 0.337 e. The van der Waals surface area contributed by atoms with Crippen LogP contribution in [0.2, 0.25) is 5.02 Å². The molecule has 1 aliphatic rings. The Morgan fingerprint density at radius 1 is 1.43 bits per heavy atom. The molecule has 0 aliphatic carbocycles. The normalized spacial score (nSPS) is 19.1. The Bertz CT molecular complexity index is 548. The van der Waals surface area contributed by atoms with Gasteiger partial charge in [-0.1, -0.05) is 11.6 Å². The summed E-state index contributed by atoms with van der Waals surface area (Å²) in [6.07, 6.45) is 1.87. The second kappa shape index (κ2) is 6.91. The molecule has 114 valence electrons. The molecule has 1 saturated heterocycles. The van der Waals surface area contributed by atoms with Gasteiger partial charge in [-0.2, -0.15) is 0 Å². The Hall–Kier alpha value is -1.59. The number of hydrogen-bond acceptors (Lipinski definition) is 4. The zero-order valence-electron chi connectivity index (χ0n) is 12.2. The van der Waals surface area contributed by atoms with Crippen LogP contribution in [0.15, 0.2) is 18.2 Å². The van der Waals surface area contributed by atoms with Gasteiger partial charge >= 0.3 is 5.97 Å². The molecule has 1 unspecified atom stereocenters. The van der Waals surface area contributed by atoms with Gasteiger partial charge < -0.3 is 15.0 Å². The first-order valence-electron chi connectivity index (χ1n) is 6.88. The number of methoxy groups -OCH3 is 1. The number of hydrogen-bond donors (Lipinski definition) is 1. The van der Waals surface area contributed by atoms with E-state index >= 15 is 0 Å². The fourth-order valence-electron chi connectivity index (χ4n) is 2.48. The highest BCUT2D eigenvalue weighted by atomic mass is 35.5. The first-order valence-corrected chi connectivity index (χ1v) is 7.26. The molecule has 5 nitrogen and oxygen atoms in total. The predicted octanol–water partition coefficient (Wildman–Crippen LogP) is 2.41. The van der Waals surface area contributed by atoms with Crippen molar-refractivity contribution >= 4 is 29.2 Å². The number of halogens is 1. The van der Waals surface area contributed by atoms with Gasteiger partial charge in [0, 0.05) is 6.54 Å². The molecule has 1 amide bonds. The molecule has 6 heteroatoms. The lowest BCUT2D eigenvalue weighted by molar-refractivity contribution is -0.121. The van der Waals surface area contributed by atoms with E-state index in [1.807, 2.05) is 7.05 Å². The summed E-state index contributed by atoms with van der Waals surface area (Å²) in [5.41, 5.74) is 0.802. The van der Waals surface area contributed by atoms with Gasteiger partial charge in [-0.25, -0.2) is 4.79 Å². The average molecular weight is 311 g/mol. The molecule has 0 saturated carbocycles. The van der Waals surface area contributed by atoms with Gasteiger partial charge in [0.15, 0.2) is 0 Å².